The molecule has 3 nitrogen and oxygen atoms in total. The van der Waals surface area contributed by atoms with Gasteiger partial charge in [-0.2, -0.15) is 0 Å². The van der Waals surface area contributed by atoms with Gasteiger partial charge in [-0.15, -0.1) is 0 Å². The molecule has 78 valence electrons. The van der Waals surface area contributed by atoms with Crippen molar-refractivity contribution >= 4 is 22.6 Å². The van der Waals surface area contributed by atoms with Crippen molar-refractivity contribution < 1.29 is 0 Å². The van der Waals surface area contributed by atoms with E-state index in [1.54, 1.807) is 0 Å². The van der Waals surface area contributed by atoms with E-state index in [1.807, 2.05) is 23.9 Å². The molecule has 0 radical (unpaired) electrons. The smallest absolute Gasteiger partial charge is 0.160 e. The van der Waals surface area contributed by atoms with E-state index in [9.17, 15) is 0 Å². The number of fused-ring (bicyclic) bond motifs is 1. The summed E-state index contributed by atoms with van der Waals surface area (Å²) in [5, 5.41) is 1.72. The van der Waals surface area contributed by atoms with Crippen LogP contribution in [0.2, 0.25) is 0 Å². The number of aliphatic imine (C=N–C) groups is 1. The highest BCUT2D eigenvalue weighted by Gasteiger charge is 2.31. The van der Waals surface area contributed by atoms with Crippen LogP contribution in [0.15, 0.2) is 29.3 Å². The van der Waals surface area contributed by atoms with Crippen molar-refractivity contribution in [3.8, 4) is 0 Å². The number of amidine groups is 1. The molecule has 1 saturated heterocycles. The molecule has 0 spiro atoms. The molecule has 3 rings (SSSR count). The van der Waals surface area contributed by atoms with E-state index < -0.39 is 0 Å². The lowest BCUT2D eigenvalue weighted by molar-refractivity contribution is 0.476. The van der Waals surface area contributed by atoms with Crippen molar-refractivity contribution in [1.82, 2.24) is 4.90 Å². The third-order valence-electron chi connectivity index (χ3n) is 2.80. The number of thioether (sulfide) groups is 1. The quantitative estimate of drug-likeness (QED) is 0.731. The number of rotatable bonds is 1. The van der Waals surface area contributed by atoms with Gasteiger partial charge in [0.05, 0.1) is 11.8 Å². The Bertz CT molecular complexity index is 416. The van der Waals surface area contributed by atoms with Crippen LogP contribution >= 0.6 is 11.8 Å². The molecule has 1 aromatic carbocycles. The van der Waals surface area contributed by atoms with Gasteiger partial charge in [0.25, 0.3) is 0 Å². The Hall–Kier alpha value is -1.16. The molecule has 1 unspecified atom stereocenters. The van der Waals surface area contributed by atoms with Crippen molar-refractivity contribution in [2.75, 3.05) is 25.4 Å². The van der Waals surface area contributed by atoms with Crippen molar-refractivity contribution in [1.29, 1.82) is 0 Å². The monoisotopic (exact) mass is 219 g/mol. The largest absolute Gasteiger partial charge is 0.399 e. The molecule has 2 aliphatic heterocycles. The standard InChI is InChI=1S/C11H13N3S/c12-9-3-1-2-8(6-9)10-7-14-5-4-13-11(14)15-10/h1-3,6,10H,4-5,7,12H2. The third kappa shape index (κ3) is 1.59. The van der Waals surface area contributed by atoms with Crippen LogP contribution in [0.3, 0.4) is 0 Å². The minimum absolute atomic E-state index is 0.507. The lowest BCUT2D eigenvalue weighted by Gasteiger charge is -2.11. The van der Waals surface area contributed by atoms with Gasteiger partial charge in [-0.05, 0) is 17.7 Å². The molecular formula is C11H13N3S. The minimum Gasteiger partial charge on any atom is -0.399 e. The highest BCUT2D eigenvalue weighted by molar-refractivity contribution is 8.14. The highest BCUT2D eigenvalue weighted by Crippen LogP contribution is 2.39. The normalized spacial score (nSPS) is 24.1. The summed E-state index contributed by atoms with van der Waals surface area (Å²) in [6.45, 7) is 3.13. The molecule has 0 aromatic heterocycles. The van der Waals surface area contributed by atoms with E-state index in [4.69, 9.17) is 5.73 Å². The average Bonchev–Trinajstić information content (AvgIpc) is 2.76. The average molecular weight is 219 g/mol. The molecular weight excluding hydrogens is 206 g/mol. The molecule has 4 heteroatoms. The summed E-state index contributed by atoms with van der Waals surface area (Å²) >= 11 is 1.86. The predicted octanol–water partition coefficient (Wildman–Crippen LogP) is 1.73. The first-order chi connectivity index (χ1) is 7.33. The first-order valence-corrected chi connectivity index (χ1v) is 6.02. The summed E-state index contributed by atoms with van der Waals surface area (Å²) in [4.78, 5) is 6.83. The van der Waals surface area contributed by atoms with Gasteiger partial charge in [0, 0.05) is 18.8 Å². The van der Waals surface area contributed by atoms with Gasteiger partial charge in [-0.3, -0.25) is 4.99 Å². The first-order valence-electron chi connectivity index (χ1n) is 5.14. The van der Waals surface area contributed by atoms with Crippen LogP contribution in [-0.2, 0) is 0 Å². The third-order valence-corrected chi connectivity index (χ3v) is 4.11. The number of benzene rings is 1. The van der Waals surface area contributed by atoms with Crippen LogP contribution in [0.5, 0.6) is 0 Å². The molecule has 1 fully saturated rings. The zero-order chi connectivity index (χ0) is 10.3. The van der Waals surface area contributed by atoms with Gasteiger partial charge in [0.15, 0.2) is 5.17 Å². The maximum atomic E-state index is 5.79. The van der Waals surface area contributed by atoms with E-state index in [1.165, 1.54) is 10.7 Å². The van der Waals surface area contributed by atoms with E-state index >= 15 is 0 Å². The number of anilines is 1. The van der Waals surface area contributed by atoms with Gasteiger partial charge >= 0.3 is 0 Å². The Labute approximate surface area is 93.4 Å². The van der Waals surface area contributed by atoms with Crippen molar-refractivity contribution in [2.24, 2.45) is 4.99 Å². The molecule has 0 aliphatic carbocycles. The van der Waals surface area contributed by atoms with Gasteiger partial charge in [-0.25, -0.2) is 0 Å². The fraction of sp³-hybridized carbons (Fsp3) is 0.364. The lowest BCUT2D eigenvalue weighted by atomic mass is 10.1. The Morgan fingerprint density at radius 1 is 1.47 bits per heavy atom. The summed E-state index contributed by atoms with van der Waals surface area (Å²) in [6, 6.07) is 8.18. The molecule has 1 atom stereocenters. The zero-order valence-electron chi connectivity index (χ0n) is 8.39. The van der Waals surface area contributed by atoms with Gasteiger partial charge < -0.3 is 10.6 Å². The summed E-state index contributed by atoms with van der Waals surface area (Å²) < 4.78 is 0. The van der Waals surface area contributed by atoms with Gasteiger partial charge in [0.2, 0.25) is 0 Å². The molecule has 2 heterocycles. The maximum Gasteiger partial charge on any atom is 0.160 e. The number of nitrogens with zero attached hydrogens (tertiary/aromatic N) is 2. The predicted molar refractivity (Wildman–Crippen MR) is 65.1 cm³/mol. The molecule has 2 N–H and O–H groups in total. The van der Waals surface area contributed by atoms with E-state index in [-0.39, 0.29) is 0 Å². The van der Waals surface area contributed by atoms with Crippen LogP contribution in [0.1, 0.15) is 10.8 Å². The second-order valence-electron chi connectivity index (χ2n) is 3.89. The highest BCUT2D eigenvalue weighted by atomic mass is 32.2. The second-order valence-corrected chi connectivity index (χ2v) is 5.06. The molecule has 0 bridgehead atoms. The first kappa shape index (κ1) is 9.09. The number of hydrogen-bond acceptors (Lipinski definition) is 4. The summed E-state index contributed by atoms with van der Waals surface area (Å²) in [6.07, 6.45) is 0. The van der Waals surface area contributed by atoms with Gasteiger partial charge in [0.1, 0.15) is 0 Å². The molecule has 2 aliphatic rings. The van der Waals surface area contributed by atoms with E-state index in [0.717, 1.165) is 25.3 Å². The maximum absolute atomic E-state index is 5.79. The summed E-state index contributed by atoms with van der Waals surface area (Å²) in [5.74, 6) is 0. The van der Waals surface area contributed by atoms with Crippen molar-refractivity contribution in [2.45, 2.75) is 5.25 Å². The molecule has 15 heavy (non-hydrogen) atoms. The lowest BCUT2D eigenvalue weighted by Crippen LogP contribution is -2.21. The molecule has 1 aromatic rings. The number of nitrogen functional groups attached to an aromatic ring is 1. The van der Waals surface area contributed by atoms with E-state index in [0.29, 0.717) is 5.25 Å². The second kappa shape index (κ2) is 3.45. The van der Waals surface area contributed by atoms with Crippen LogP contribution < -0.4 is 5.73 Å². The molecule has 0 amide bonds. The fourth-order valence-electron chi connectivity index (χ4n) is 2.04. The van der Waals surface area contributed by atoms with E-state index in [2.05, 4.69) is 22.0 Å². The van der Waals surface area contributed by atoms with Crippen molar-refractivity contribution in [3.05, 3.63) is 29.8 Å². The zero-order valence-corrected chi connectivity index (χ0v) is 9.20. The SMILES string of the molecule is Nc1cccc(C2CN3CCN=C3S2)c1. The Kier molecular flexibility index (Phi) is 2.09. The Balaban J connectivity index is 1.85. The molecule has 0 saturated carbocycles. The van der Waals surface area contributed by atoms with Gasteiger partial charge in [-0.1, -0.05) is 23.9 Å². The van der Waals surface area contributed by atoms with Crippen LogP contribution in [-0.4, -0.2) is 29.7 Å². The Morgan fingerprint density at radius 3 is 3.20 bits per heavy atom. The van der Waals surface area contributed by atoms with Crippen LogP contribution in [0, 0.1) is 0 Å². The van der Waals surface area contributed by atoms with Crippen LogP contribution in [0.25, 0.3) is 0 Å². The minimum atomic E-state index is 0.507. The topological polar surface area (TPSA) is 41.6 Å². The fourth-order valence-corrected chi connectivity index (χ4v) is 3.31. The number of hydrogen-bond donors (Lipinski definition) is 1. The summed E-state index contributed by atoms with van der Waals surface area (Å²) in [7, 11) is 0. The summed E-state index contributed by atoms with van der Waals surface area (Å²) in [5.41, 5.74) is 7.95. The number of nitrogens with two attached hydrogens (primary N) is 1. The Morgan fingerprint density at radius 2 is 2.40 bits per heavy atom. The van der Waals surface area contributed by atoms with Crippen molar-refractivity contribution in [3.63, 3.8) is 0 Å². The van der Waals surface area contributed by atoms with Crippen LogP contribution in [0.4, 0.5) is 5.69 Å².